The normalized spacial score (nSPS) is 15.8. The van der Waals surface area contributed by atoms with Gasteiger partial charge in [0.15, 0.2) is 0 Å². The Bertz CT molecular complexity index is 564. The molecule has 0 fully saturated rings. The lowest BCUT2D eigenvalue weighted by Crippen LogP contribution is -2.85. The van der Waals surface area contributed by atoms with Crippen LogP contribution in [0.1, 0.15) is 18.4 Å². The number of nitrogens with one attached hydrogen (secondary N) is 3. The summed E-state index contributed by atoms with van der Waals surface area (Å²) >= 11 is 0. The van der Waals surface area contributed by atoms with E-state index in [1.165, 1.54) is 5.56 Å². The van der Waals surface area contributed by atoms with Crippen LogP contribution in [-0.2, 0) is 11.2 Å². The number of aliphatic hydroxyl groups excluding tert-OH is 1. The first kappa shape index (κ1) is 13.9. The van der Waals surface area contributed by atoms with Crippen LogP contribution in [0.4, 0.5) is 4.79 Å². The van der Waals surface area contributed by atoms with E-state index in [1.807, 2.05) is 30.3 Å². The van der Waals surface area contributed by atoms with Gasteiger partial charge in [-0.25, -0.2) is 14.8 Å². The highest BCUT2D eigenvalue weighted by Gasteiger charge is 2.26. The van der Waals surface area contributed by atoms with Crippen molar-refractivity contribution in [2.45, 2.75) is 19.3 Å². The summed E-state index contributed by atoms with van der Waals surface area (Å²) in [4.78, 5) is 27.6. The highest BCUT2D eigenvalue weighted by atomic mass is 16.3. The fourth-order valence-corrected chi connectivity index (χ4v) is 1.97. The summed E-state index contributed by atoms with van der Waals surface area (Å²) in [5.41, 5.74) is 1.66. The molecule has 104 valence electrons. The number of urea groups is 1. The molecule has 0 aromatic heterocycles. The number of hydrogen-bond acceptors (Lipinski definition) is 2. The number of carbonyl (C=O) groups is 2. The number of aliphatic hydroxyl groups is 1. The van der Waals surface area contributed by atoms with Crippen LogP contribution in [0, 0.1) is 0 Å². The number of carbonyl (C=O) groups excluding carboxylic acids is 2. The molecule has 1 aromatic carbocycles. The van der Waals surface area contributed by atoms with Crippen molar-refractivity contribution in [2.75, 3.05) is 6.54 Å². The largest absolute Gasteiger partial charge is 0.496 e. The Labute approximate surface area is 116 Å². The molecule has 1 aliphatic rings. The topological polar surface area (TPSA) is 94.3 Å². The van der Waals surface area contributed by atoms with Crippen LogP contribution in [-0.4, -0.2) is 35.2 Å². The smallest absolute Gasteiger partial charge is 0.463 e. The van der Waals surface area contributed by atoms with Crippen LogP contribution >= 0.6 is 0 Å². The third kappa shape index (κ3) is 4.31. The van der Waals surface area contributed by atoms with E-state index in [0.29, 0.717) is 12.3 Å². The molecule has 6 nitrogen and oxygen atoms in total. The molecule has 3 amide bonds. The van der Waals surface area contributed by atoms with E-state index < -0.39 is 6.03 Å². The number of amides is 3. The molecule has 1 heterocycles. The quantitative estimate of drug-likeness (QED) is 0.363. The van der Waals surface area contributed by atoms with Crippen molar-refractivity contribution in [3.63, 3.8) is 0 Å². The van der Waals surface area contributed by atoms with Crippen LogP contribution in [0.2, 0.25) is 0 Å². The Balaban J connectivity index is 1.85. The molecule has 4 N–H and O–H groups in total. The van der Waals surface area contributed by atoms with E-state index in [0.717, 1.165) is 6.42 Å². The first-order valence-corrected chi connectivity index (χ1v) is 6.41. The molecule has 20 heavy (non-hydrogen) atoms. The zero-order chi connectivity index (χ0) is 14.4. The monoisotopic (exact) mass is 275 g/mol. The maximum absolute atomic E-state index is 11.2. The zero-order valence-electron chi connectivity index (χ0n) is 11.0. The van der Waals surface area contributed by atoms with Gasteiger partial charge < -0.3 is 5.11 Å². The molecule has 0 saturated carbocycles. The molecule has 0 radical (unpaired) electrons. The predicted molar refractivity (Wildman–Crippen MR) is 72.4 cm³/mol. The van der Waals surface area contributed by atoms with Gasteiger partial charge in [-0.3, -0.25) is 0 Å². The van der Waals surface area contributed by atoms with Gasteiger partial charge in [0.1, 0.15) is 25.1 Å². The van der Waals surface area contributed by atoms with Gasteiger partial charge in [-0.15, -0.1) is 0 Å². The molecule has 0 atom stereocenters. The van der Waals surface area contributed by atoms with Crippen molar-refractivity contribution in [1.82, 2.24) is 5.32 Å². The molecule has 0 spiro atoms. The molecule has 0 saturated heterocycles. The number of benzene rings is 1. The van der Waals surface area contributed by atoms with Crippen molar-refractivity contribution >= 4 is 23.5 Å². The first-order chi connectivity index (χ1) is 9.63. The maximum Gasteiger partial charge on any atom is 0.496 e. The second-order valence-corrected chi connectivity index (χ2v) is 4.57. The van der Waals surface area contributed by atoms with Crippen molar-refractivity contribution in [3.8, 4) is 0 Å². The van der Waals surface area contributed by atoms with E-state index in [-0.39, 0.29) is 24.6 Å². The third-order valence-corrected chi connectivity index (χ3v) is 2.88. The fraction of sp³-hybridized carbons (Fsp3) is 0.286. The highest BCUT2D eigenvalue weighted by Crippen LogP contribution is 1.96. The summed E-state index contributed by atoms with van der Waals surface area (Å²) in [6.07, 6.45) is 1.02. The predicted octanol–water partition coefficient (Wildman–Crippen LogP) is -2.18. The Kier molecular flexibility index (Phi) is 4.60. The van der Waals surface area contributed by atoms with E-state index in [9.17, 15) is 14.7 Å². The lowest BCUT2D eigenvalue weighted by atomic mass is 10.1. The van der Waals surface area contributed by atoms with Gasteiger partial charge >= 0.3 is 17.8 Å². The molecule has 0 unspecified atom stereocenters. The first-order valence-electron chi connectivity index (χ1n) is 6.41. The number of imide groups is 1. The number of rotatable bonds is 5. The van der Waals surface area contributed by atoms with Gasteiger partial charge in [-0.2, -0.15) is 10.1 Å². The Hall–Kier alpha value is -2.50. The second-order valence-electron chi connectivity index (χ2n) is 4.57. The summed E-state index contributed by atoms with van der Waals surface area (Å²) in [6, 6.07) is 9.36. The fourth-order valence-electron chi connectivity index (χ4n) is 1.97. The Morgan fingerprint density at radius 1 is 1.30 bits per heavy atom. The molecule has 1 aromatic rings. The van der Waals surface area contributed by atoms with E-state index >= 15 is 0 Å². The Morgan fingerprint density at radius 3 is 2.75 bits per heavy atom. The van der Waals surface area contributed by atoms with Crippen molar-refractivity contribution < 1.29 is 24.7 Å². The minimum absolute atomic E-state index is 0.0472. The van der Waals surface area contributed by atoms with Gasteiger partial charge in [0.05, 0.1) is 0 Å². The van der Waals surface area contributed by atoms with Crippen molar-refractivity contribution in [3.05, 3.63) is 35.9 Å². The SMILES string of the molecule is O=C1CC(CC(O)=[NH+]CCc2ccccc2)=[NH+]C(=O)N1. The average molecular weight is 275 g/mol. The van der Waals surface area contributed by atoms with Gasteiger partial charge in [-0.1, -0.05) is 30.3 Å². The number of hydrogen-bond donors (Lipinski definition) is 4. The average Bonchev–Trinajstić information content (AvgIpc) is 2.38. The van der Waals surface area contributed by atoms with Crippen molar-refractivity contribution in [1.29, 1.82) is 0 Å². The van der Waals surface area contributed by atoms with E-state index in [2.05, 4.69) is 15.3 Å². The van der Waals surface area contributed by atoms with Crippen LogP contribution in [0.5, 0.6) is 0 Å². The lowest BCUT2D eigenvalue weighted by Gasteiger charge is -2.03. The van der Waals surface area contributed by atoms with Crippen LogP contribution in [0.3, 0.4) is 0 Å². The minimum atomic E-state index is -0.548. The second kappa shape index (κ2) is 6.60. The van der Waals surface area contributed by atoms with Crippen LogP contribution in [0.15, 0.2) is 30.3 Å². The highest BCUT2D eigenvalue weighted by molar-refractivity contribution is 6.11. The summed E-state index contributed by atoms with van der Waals surface area (Å²) in [5, 5.41) is 11.9. The van der Waals surface area contributed by atoms with Crippen LogP contribution < -0.4 is 15.3 Å². The van der Waals surface area contributed by atoms with E-state index in [4.69, 9.17) is 0 Å². The maximum atomic E-state index is 11.2. The minimum Gasteiger partial charge on any atom is -0.463 e. The third-order valence-electron chi connectivity index (χ3n) is 2.88. The molecule has 2 rings (SSSR count). The molecule has 6 heteroatoms. The summed E-state index contributed by atoms with van der Waals surface area (Å²) < 4.78 is 0. The Morgan fingerprint density at radius 2 is 2.05 bits per heavy atom. The van der Waals surface area contributed by atoms with Crippen LogP contribution in [0.25, 0.3) is 0 Å². The standard InChI is InChI=1S/C14H15N3O3/c18-12(8-11-9-13(19)17-14(20)16-11)15-7-6-10-4-2-1-3-5-10/h1-5H,6-9H2,(H,15,18)(H,17,19,20)/p+2. The summed E-state index contributed by atoms with van der Waals surface area (Å²) in [6.45, 7) is 0.587. The molecule has 0 aliphatic carbocycles. The zero-order valence-corrected chi connectivity index (χ0v) is 11.0. The van der Waals surface area contributed by atoms with Gasteiger partial charge in [-0.05, 0) is 5.56 Å². The molecule has 0 bridgehead atoms. The summed E-state index contributed by atoms with van der Waals surface area (Å²) in [5.74, 6) is -0.313. The van der Waals surface area contributed by atoms with E-state index in [1.54, 1.807) is 0 Å². The molecular weight excluding hydrogens is 258 g/mol. The molecular formula is C14H17N3O3+2. The van der Waals surface area contributed by atoms with Gasteiger partial charge in [0, 0.05) is 6.42 Å². The van der Waals surface area contributed by atoms with Gasteiger partial charge in [0.2, 0.25) is 0 Å². The van der Waals surface area contributed by atoms with Gasteiger partial charge in [0.25, 0.3) is 0 Å². The van der Waals surface area contributed by atoms with Crippen molar-refractivity contribution in [2.24, 2.45) is 0 Å². The molecule has 1 aliphatic heterocycles. The summed E-state index contributed by atoms with van der Waals surface area (Å²) in [7, 11) is 0. The lowest BCUT2D eigenvalue weighted by molar-refractivity contribution is -0.466.